The molecule has 2 aliphatic rings. The van der Waals surface area contributed by atoms with E-state index in [1.54, 1.807) is 12.1 Å². The number of aliphatic hydroxyl groups excluding tert-OH is 1. The van der Waals surface area contributed by atoms with Crippen molar-refractivity contribution in [3.8, 4) is 5.88 Å². The Morgan fingerprint density at radius 2 is 2.13 bits per heavy atom. The number of amides is 1. The largest absolute Gasteiger partial charge is 0.481 e. The quantitative estimate of drug-likeness (QED) is 0.698. The molecule has 0 saturated carbocycles. The number of halogens is 4. The minimum atomic E-state index is -4.68. The van der Waals surface area contributed by atoms with Crippen LogP contribution < -0.4 is 10.1 Å². The van der Waals surface area contributed by atoms with Gasteiger partial charge in [0.25, 0.3) is 0 Å². The molecule has 6 nitrogen and oxygen atoms in total. The molecule has 0 unspecified atom stereocenters. The summed E-state index contributed by atoms with van der Waals surface area (Å²) in [6.45, 7) is 0. The standard InChI is InChI=1S/C21H20F4N2O4/c1-30-18-6-11(4-5-26-18)9-20(10-16-15(28)8-17(20)31-16)19(29)27-14-7-12(21(23,24)25)2-3-13(14)22/h2-7,15-17,28H,8-10H2,1H3,(H,27,29)/t15-,16+,17+,20-/m0/s1. The molecule has 4 atom stereocenters. The van der Waals surface area contributed by atoms with Crippen LogP contribution in [0, 0.1) is 11.2 Å². The minimum Gasteiger partial charge on any atom is -0.481 e. The molecule has 31 heavy (non-hydrogen) atoms. The Balaban J connectivity index is 1.66. The normalized spacial score (nSPS) is 27.4. The lowest BCUT2D eigenvalue weighted by molar-refractivity contribution is -0.137. The van der Waals surface area contributed by atoms with Crippen molar-refractivity contribution in [3.05, 3.63) is 53.5 Å². The molecule has 2 saturated heterocycles. The van der Waals surface area contributed by atoms with E-state index in [1.807, 2.05) is 0 Å². The maximum atomic E-state index is 14.2. The summed E-state index contributed by atoms with van der Waals surface area (Å²) in [5.74, 6) is -1.31. The molecule has 1 aromatic heterocycles. The van der Waals surface area contributed by atoms with Gasteiger partial charge in [0.05, 0.1) is 42.1 Å². The molecule has 10 heteroatoms. The summed E-state index contributed by atoms with van der Waals surface area (Å²) < 4.78 is 64.2. The third kappa shape index (κ3) is 3.97. The summed E-state index contributed by atoms with van der Waals surface area (Å²) in [6.07, 6.45) is -4.64. The highest BCUT2D eigenvalue weighted by molar-refractivity contribution is 5.96. The number of methoxy groups -OCH3 is 1. The van der Waals surface area contributed by atoms with E-state index in [0.717, 1.165) is 0 Å². The van der Waals surface area contributed by atoms with E-state index in [1.165, 1.54) is 13.3 Å². The first-order valence-corrected chi connectivity index (χ1v) is 9.63. The molecule has 4 rings (SSSR count). The predicted molar refractivity (Wildman–Crippen MR) is 101 cm³/mol. The number of hydrogen-bond donors (Lipinski definition) is 2. The van der Waals surface area contributed by atoms with Crippen LogP contribution in [-0.4, -0.2) is 41.4 Å². The van der Waals surface area contributed by atoms with Crippen LogP contribution in [0.2, 0.25) is 0 Å². The molecule has 1 amide bonds. The van der Waals surface area contributed by atoms with Crippen molar-refractivity contribution in [2.45, 2.75) is 43.8 Å². The first-order valence-electron chi connectivity index (χ1n) is 9.63. The van der Waals surface area contributed by atoms with Gasteiger partial charge >= 0.3 is 6.18 Å². The maximum absolute atomic E-state index is 14.2. The second kappa shape index (κ2) is 7.76. The summed E-state index contributed by atoms with van der Waals surface area (Å²) in [7, 11) is 1.45. The first kappa shape index (κ1) is 21.5. The lowest BCUT2D eigenvalue weighted by Gasteiger charge is -2.35. The van der Waals surface area contributed by atoms with Gasteiger partial charge in [-0.25, -0.2) is 9.37 Å². The number of anilines is 1. The van der Waals surface area contributed by atoms with Crippen molar-refractivity contribution >= 4 is 11.6 Å². The lowest BCUT2D eigenvalue weighted by atomic mass is 9.68. The number of carbonyl (C=O) groups is 1. The van der Waals surface area contributed by atoms with Gasteiger partial charge in [-0.1, -0.05) is 0 Å². The van der Waals surface area contributed by atoms with E-state index >= 15 is 0 Å². The van der Waals surface area contributed by atoms with E-state index in [-0.39, 0.29) is 19.3 Å². The van der Waals surface area contributed by atoms with E-state index < -0.39 is 52.9 Å². The van der Waals surface area contributed by atoms with E-state index in [9.17, 15) is 27.5 Å². The Morgan fingerprint density at radius 3 is 2.74 bits per heavy atom. The highest BCUT2D eigenvalue weighted by Gasteiger charge is 2.60. The van der Waals surface area contributed by atoms with Crippen LogP contribution in [0.4, 0.5) is 23.2 Å². The molecule has 0 radical (unpaired) electrons. The van der Waals surface area contributed by atoms with Gasteiger partial charge < -0.3 is 19.9 Å². The molecule has 1 aromatic carbocycles. The number of nitrogens with one attached hydrogen (secondary N) is 1. The Labute approximate surface area is 175 Å². The Bertz CT molecular complexity index is 998. The highest BCUT2D eigenvalue weighted by Crippen LogP contribution is 2.50. The van der Waals surface area contributed by atoms with Crippen molar-refractivity contribution < 1.29 is 36.9 Å². The van der Waals surface area contributed by atoms with Crippen molar-refractivity contribution in [3.63, 3.8) is 0 Å². The number of alkyl halides is 3. The number of pyridine rings is 1. The first-order chi connectivity index (χ1) is 14.6. The molecule has 2 aliphatic heterocycles. The number of aromatic nitrogens is 1. The fourth-order valence-electron chi connectivity index (χ4n) is 4.34. The van der Waals surface area contributed by atoms with Gasteiger partial charge in [0, 0.05) is 18.7 Å². The number of carbonyl (C=O) groups excluding carboxylic acids is 1. The summed E-state index contributed by atoms with van der Waals surface area (Å²) >= 11 is 0. The van der Waals surface area contributed by atoms with Gasteiger partial charge in [0.15, 0.2) is 0 Å². The summed E-state index contributed by atoms with van der Waals surface area (Å²) in [5.41, 5.74) is -2.14. The van der Waals surface area contributed by atoms with Gasteiger partial charge in [-0.15, -0.1) is 0 Å². The van der Waals surface area contributed by atoms with Crippen LogP contribution in [0.3, 0.4) is 0 Å². The van der Waals surface area contributed by atoms with Gasteiger partial charge in [-0.2, -0.15) is 13.2 Å². The zero-order valence-electron chi connectivity index (χ0n) is 16.4. The van der Waals surface area contributed by atoms with Crippen LogP contribution >= 0.6 is 0 Å². The Morgan fingerprint density at radius 1 is 1.35 bits per heavy atom. The molecule has 2 aromatic rings. The molecular formula is C21H20F4N2O4. The van der Waals surface area contributed by atoms with E-state index in [4.69, 9.17) is 9.47 Å². The number of benzene rings is 1. The van der Waals surface area contributed by atoms with Crippen LogP contribution in [0.25, 0.3) is 0 Å². The van der Waals surface area contributed by atoms with Gasteiger partial charge in [-0.3, -0.25) is 4.79 Å². The molecule has 0 aliphatic carbocycles. The molecule has 2 N–H and O–H groups in total. The average Bonchev–Trinajstić information content (AvgIpc) is 3.26. The number of nitrogens with zero attached hydrogens (tertiary/aromatic N) is 1. The number of aliphatic hydroxyl groups is 1. The highest BCUT2D eigenvalue weighted by atomic mass is 19.4. The smallest absolute Gasteiger partial charge is 0.416 e. The van der Waals surface area contributed by atoms with E-state index in [2.05, 4.69) is 10.3 Å². The zero-order valence-corrected chi connectivity index (χ0v) is 16.4. The van der Waals surface area contributed by atoms with Gasteiger partial charge in [0.2, 0.25) is 11.8 Å². The van der Waals surface area contributed by atoms with Gasteiger partial charge in [0.1, 0.15) is 5.82 Å². The monoisotopic (exact) mass is 440 g/mol. The SMILES string of the molecule is COc1cc(C[C@]2(C(=O)Nc3cc(C(F)(F)F)ccc3F)C[C@H]3O[C@@H]2C[C@@H]3O)ccn1. The third-order valence-electron chi connectivity index (χ3n) is 5.93. The van der Waals surface area contributed by atoms with Crippen LogP contribution in [0.1, 0.15) is 24.0 Å². The van der Waals surface area contributed by atoms with Crippen molar-refractivity contribution in [2.75, 3.05) is 12.4 Å². The van der Waals surface area contributed by atoms with Crippen molar-refractivity contribution in [2.24, 2.45) is 5.41 Å². The second-order valence-electron chi connectivity index (χ2n) is 7.86. The average molecular weight is 440 g/mol. The number of ether oxygens (including phenoxy) is 2. The third-order valence-corrected chi connectivity index (χ3v) is 5.93. The fraction of sp³-hybridized carbons (Fsp3) is 0.429. The maximum Gasteiger partial charge on any atom is 0.416 e. The van der Waals surface area contributed by atoms with Crippen molar-refractivity contribution in [1.82, 2.24) is 4.98 Å². The molecule has 0 spiro atoms. The number of hydrogen-bond acceptors (Lipinski definition) is 5. The van der Waals surface area contributed by atoms with Crippen molar-refractivity contribution in [1.29, 1.82) is 0 Å². The molecule has 3 heterocycles. The summed E-state index contributed by atoms with van der Waals surface area (Å²) in [6, 6.07) is 5.17. The second-order valence-corrected chi connectivity index (χ2v) is 7.86. The Hall–Kier alpha value is -2.72. The predicted octanol–water partition coefficient (Wildman–Crippen LogP) is 3.34. The van der Waals surface area contributed by atoms with Crippen LogP contribution in [-0.2, 0) is 22.1 Å². The summed E-state index contributed by atoms with van der Waals surface area (Å²) in [5, 5.41) is 12.4. The topological polar surface area (TPSA) is 80.7 Å². The van der Waals surface area contributed by atoms with Gasteiger partial charge in [-0.05, 0) is 42.7 Å². The number of fused-ring (bicyclic) bond motifs is 2. The van der Waals surface area contributed by atoms with Crippen LogP contribution in [0.5, 0.6) is 5.88 Å². The molecule has 2 fully saturated rings. The molecular weight excluding hydrogens is 420 g/mol. The fourth-order valence-corrected chi connectivity index (χ4v) is 4.34. The lowest BCUT2D eigenvalue weighted by Crippen LogP contribution is -2.48. The minimum absolute atomic E-state index is 0.149. The molecule has 2 bridgehead atoms. The molecule has 166 valence electrons. The van der Waals surface area contributed by atoms with E-state index in [0.29, 0.717) is 29.6 Å². The van der Waals surface area contributed by atoms with Crippen LogP contribution in [0.15, 0.2) is 36.5 Å². The Kier molecular flexibility index (Phi) is 5.38. The number of rotatable bonds is 5. The zero-order chi connectivity index (χ0) is 22.4. The summed E-state index contributed by atoms with van der Waals surface area (Å²) in [4.78, 5) is 17.4.